The van der Waals surface area contributed by atoms with Crippen molar-refractivity contribution in [1.29, 1.82) is 0 Å². The normalized spacial score (nSPS) is 10.1. The van der Waals surface area contributed by atoms with Gasteiger partial charge in [0, 0.05) is 11.9 Å². The molecule has 0 atom stereocenters. The van der Waals surface area contributed by atoms with Crippen molar-refractivity contribution < 1.29 is 9.31 Å². The first-order valence-corrected chi connectivity index (χ1v) is 4.09. The van der Waals surface area contributed by atoms with Gasteiger partial charge in [-0.05, 0) is 24.1 Å². The molecule has 0 N–H and O–H groups in total. The number of hydrogen-bond acceptors (Lipinski definition) is 2. The summed E-state index contributed by atoms with van der Waals surface area (Å²) in [5.41, 5.74) is 0.675. The number of benzene rings is 1. The van der Waals surface area contributed by atoms with Crippen LogP contribution in [-0.4, -0.2) is 4.92 Å². The van der Waals surface area contributed by atoms with Crippen molar-refractivity contribution in [2.24, 2.45) is 0 Å². The van der Waals surface area contributed by atoms with E-state index in [1.165, 1.54) is 0 Å². The van der Waals surface area contributed by atoms with Crippen LogP contribution in [0, 0.1) is 22.9 Å². The van der Waals surface area contributed by atoms with Crippen LogP contribution in [0.15, 0.2) is 12.1 Å². The molecule has 0 spiro atoms. The highest BCUT2D eigenvalue weighted by molar-refractivity contribution is 6.17. The average Bonchev–Trinajstić information content (AvgIpc) is 2.03. The van der Waals surface area contributed by atoms with Gasteiger partial charge in [-0.15, -0.1) is 11.6 Å². The molecule has 0 saturated heterocycles. The molecular formula is C8H7ClFNO2. The lowest BCUT2D eigenvalue weighted by Crippen LogP contribution is -1.96. The molecule has 0 saturated carbocycles. The summed E-state index contributed by atoms with van der Waals surface area (Å²) in [4.78, 5) is 9.56. The molecule has 1 aromatic carbocycles. The number of nitrogens with zero attached hydrogens (tertiary/aromatic N) is 1. The summed E-state index contributed by atoms with van der Waals surface area (Å²) in [6, 6.07) is 2.29. The van der Waals surface area contributed by atoms with Crippen LogP contribution < -0.4 is 0 Å². The fourth-order valence-electron chi connectivity index (χ4n) is 0.988. The van der Waals surface area contributed by atoms with Gasteiger partial charge >= 0.3 is 5.69 Å². The van der Waals surface area contributed by atoms with Gasteiger partial charge in [0.25, 0.3) is 0 Å². The topological polar surface area (TPSA) is 43.1 Å². The van der Waals surface area contributed by atoms with Gasteiger partial charge in [0.05, 0.1) is 4.92 Å². The van der Waals surface area contributed by atoms with Crippen LogP contribution in [0.3, 0.4) is 0 Å². The van der Waals surface area contributed by atoms with Gasteiger partial charge in [0.15, 0.2) is 0 Å². The highest BCUT2D eigenvalue weighted by Gasteiger charge is 2.15. The lowest BCUT2D eigenvalue weighted by Gasteiger charge is -2.01. The molecular weight excluding hydrogens is 197 g/mol. The molecule has 0 fully saturated rings. The highest BCUT2D eigenvalue weighted by Crippen LogP contribution is 2.22. The SMILES string of the molecule is Cc1cc(F)c([N+](=O)[O-])cc1CCl. The second-order valence-electron chi connectivity index (χ2n) is 2.62. The molecule has 13 heavy (non-hydrogen) atoms. The van der Waals surface area contributed by atoms with Crippen LogP contribution >= 0.6 is 11.6 Å². The van der Waals surface area contributed by atoms with E-state index in [4.69, 9.17) is 11.6 Å². The van der Waals surface area contributed by atoms with E-state index in [0.717, 1.165) is 12.1 Å². The number of halogens is 2. The second kappa shape index (κ2) is 3.70. The fraction of sp³-hybridized carbons (Fsp3) is 0.250. The van der Waals surface area contributed by atoms with Crippen LogP contribution in [0.4, 0.5) is 10.1 Å². The van der Waals surface area contributed by atoms with E-state index in [-0.39, 0.29) is 5.88 Å². The standard InChI is InChI=1S/C8H7ClFNO2/c1-5-2-7(10)8(11(12)13)3-6(5)4-9/h2-3H,4H2,1H3. The van der Waals surface area contributed by atoms with Crippen LogP contribution in [0.1, 0.15) is 11.1 Å². The van der Waals surface area contributed by atoms with Crippen molar-refractivity contribution in [2.75, 3.05) is 0 Å². The van der Waals surface area contributed by atoms with Crippen LogP contribution in [0.5, 0.6) is 0 Å². The summed E-state index contributed by atoms with van der Waals surface area (Å²) in [5.74, 6) is -0.677. The molecule has 0 radical (unpaired) electrons. The Hall–Kier alpha value is -1.16. The van der Waals surface area contributed by atoms with Gasteiger partial charge in [0.2, 0.25) is 5.82 Å². The van der Waals surface area contributed by atoms with Gasteiger partial charge in [0.1, 0.15) is 0 Å². The zero-order valence-corrected chi connectivity index (χ0v) is 7.64. The third kappa shape index (κ3) is 1.95. The summed E-state index contributed by atoms with van der Waals surface area (Å²) >= 11 is 5.52. The van der Waals surface area contributed by atoms with Gasteiger partial charge < -0.3 is 0 Å². The summed E-state index contributed by atoms with van der Waals surface area (Å²) < 4.78 is 12.9. The molecule has 0 heterocycles. The Labute approximate surface area is 79.3 Å². The number of alkyl halides is 1. The molecule has 0 amide bonds. The van der Waals surface area contributed by atoms with E-state index >= 15 is 0 Å². The van der Waals surface area contributed by atoms with Crippen LogP contribution in [0.2, 0.25) is 0 Å². The van der Waals surface area contributed by atoms with Gasteiger partial charge in [-0.1, -0.05) is 0 Å². The first-order valence-electron chi connectivity index (χ1n) is 3.55. The summed E-state index contributed by atoms with van der Waals surface area (Å²) in [7, 11) is 0. The summed E-state index contributed by atoms with van der Waals surface area (Å²) in [6.45, 7) is 1.66. The molecule has 0 bridgehead atoms. The molecule has 1 aromatic rings. The number of rotatable bonds is 2. The van der Waals surface area contributed by atoms with Gasteiger partial charge in [-0.2, -0.15) is 4.39 Å². The maximum absolute atomic E-state index is 12.9. The maximum atomic E-state index is 12.9. The second-order valence-corrected chi connectivity index (χ2v) is 2.89. The Kier molecular flexibility index (Phi) is 2.83. The maximum Gasteiger partial charge on any atom is 0.305 e. The quantitative estimate of drug-likeness (QED) is 0.421. The Morgan fingerprint density at radius 2 is 2.23 bits per heavy atom. The Bertz CT molecular complexity index is 354. The van der Waals surface area contributed by atoms with Gasteiger partial charge in [-0.3, -0.25) is 10.1 Å². The molecule has 0 aliphatic carbocycles. The third-order valence-electron chi connectivity index (χ3n) is 1.75. The van der Waals surface area contributed by atoms with E-state index in [1.54, 1.807) is 6.92 Å². The smallest absolute Gasteiger partial charge is 0.258 e. The predicted molar refractivity (Wildman–Crippen MR) is 47.3 cm³/mol. The highest BCUT2D eigenvalue weighted by atomic mass is 35.5. The molecule has 0 aliphatic heterocycles. The average molecular weight is 204 g/mol. The molecule has 0 unspecified atom stereocenters. The first kappa shape index (κ1) is 9.92. The molecule has 3 nitrogen and oxygen atoms in total. The van der Waals surface area contributed by atoms with Crippen LogP contribution in [0.25, 0.3) is 0 Å². The molecule has 0 aromatic heterocycles. The number of nitro benzene ring substituents is 1. The summed E-state index contributed by atoms with van der Waals surface area (Å²) in [5, 5.41) is 10.3. The van der Waals surface area contributed by atoms with E-state index < -0.39 is 16.4 Å². The first-order chi connectivity index (χ1) is 6.06. The minimum Gasteiger partial charge on any atom is -0.258 e. The van der Waals surface area contributed by atoms with Crippen molar-refractivity contribution in [2.45, 2.75) is 12.8 Å². The summed E-state index contributed by atoms with van der Waals surface area (Å²) in [6.07, 6.45) is 0. The van der Waals surface area contributed by atoms with E-state index in [9.17, 15) is 14.5 Å². The fourth-order valence-corrected chi connectivity index (χ4v) is 1.28. The minimum absolute atomic E-state index is 0.146. The zero-order chi connectivity index (χ0) is 10.0. The molecule has 5 heteroatoms. The largest absolute Gasteiger partial charge is 0.305 e. The van der Waals surface area contributed by atoms with Crippen molar-refractivity contribution >= 4 is 17.3 Å². The number of hydrogen-bond donors (Lipinski definition) is 0. The number of nitro groups is 1. The van der Waals surface area contributed by atoms with E-state index in [2.05, 4.69) is 0 Å². The van der Waals surface area contributed by atoms with Crippen molar-refractivity contribution in [3.8, 4) is 0 Å². The minimum atomic E-state index is -0.823. The molecule has 0 aliphatic rings. The zero-order valence-electron chi connectivity index (χ0n) is 6.88. The third-order valence-corrected chi connectivity index (χ3v) is 2.03. The van der Waals surface area contributed by atoms with Crippen molar-refractivity contribution in [3.05, 3.63) is 39.2 Å². The van der Waals surface area contributed by atoms with Crippen molar-refractivity contribution in [1.82, 2.24) is 0 Å². The Morgan fingerprint density at radius 3 is 2.69 bits per heavy atom. The lowest BCUT2D eigenvalue weighted by atomic mass is 10.1. The predicted octanol–water partition coefficient (Wildman–Crippen LogP) is 2.78. The Morgan fingerprint density at radius 1 is 1.62 bits per heavy atom. The van der Waals surface area contributed by atoms with Crippen molar-refractivity contribution in [3.63, 3.8) is 0 Å². The van der Waals surface area contributed by atoms with E-state index in [1.807, 2.05) is 0 Å². The molecule has 70 valence electrons. The van der Waals surface area contributed by atoms with E-state index in [0.29, 0.717) is 11.1 Å². The molecule has 1 rings (SSSR count). The Balaban J connectivity index is 3.30. The van der Waals surface area contributed by atoms with Gasteiger partial charge in [-0.25, -0.2) is 0 Å². The van der Waals surface area contributed by atoms with Crippen LogP contribution in [-0.2, 0) is 5.88 Å². The monoisotopic (exact) mass is 203 g/mol. The lowest BCUT2D eigenvalue weighted by molar-refractivity contribution is -0.387. The number of aryl methyl sites for hydroxylation is 1.